The van der Waals surface area contributed by atoms with E-state index in [0.717, 1.165) is 13.1 Å². The number of hydrogen-bond acceptors (Lipinski definition) is 6. The Morgan fingerprint density at radius 2 is 1.88 bits per heavy atom. The average Bonchev–Trinajstić information content (AvgIpc) is 3.57. The summed E-state index contributed by atoms with van der Waals surface area (Å²) in [5, 5.41) is 16.8. The second-order valence-corrected chi connectivity index (χ2v) is 10.6. The molecular weight excluding hydrogens is 558 g/mol. The van der Waals surface area contributed by atoms with E-state index in [1.807, 2.05) is 25.1 Å². The molecule has 1 fully saturated rings. The van der Waals surface area contributed by atoms with E-state index in [-0.39, 0.29) is 11.9 Å². The number of carboxylic acids is 1. The van der Waals surface area contributed by atoms with Crippen molar-refractivity contribution in [3.8, 4) is 16.9 Å². The highest BCUT2D eigenvalue weighted by atomic mass is 19.4. The van der Waals surface area contributed by atoms with Gasteiger partial charge in [-0.1, -0.05) is 24.3 Å². The van der Waals surface area contributed by atoms with Crippen molar-refractivity contribution in [2.75, 3.05) is 39.1 Å². The maximum atomic E-state index is 15.1. The number of carboxylic acid groups (broad SMARTS) is 1. The molecule has 9 nitrogen and oxygen atoms in total. The third kappa shape index (κ3) is 8.29. The zero-order chi connectivity index (χ0) is 30.4. The molecule has 0 unspecified atom stereocenters. The van der Waals surface area contributed by atoms with E-state index in [9.17, 15) is 18.0 Å². The minimum atomic E-state index is -5.08. The first kappa shape index (κ1) is 31.0. The van der Waals surface area contributed by atoms with Gasteiger partial charge in [0, 0.05) is 43.0 Å². The first-order valence-electron chi connectivity index (χ1n) is 13.4. The summed E-state index contributed by atoms with van der Waals surface area (Å²) in [6, 6.07) is 11.0. The molecule has 3 aromatic rings. The van der Waals surface area contributed by atoms with Crippen LogP contribution in [0.25, 0.3) is 11.1 Å². The van der Waals surface area contributed by atoms with Crippen LogP contribution in [-0.2, 0) is 22.6 Å². The van der Waals surface area contributed by atoms with Crippen molar-refractivity contribution >= 4 is 17.6 Å². The number of nitrogens with one attached hydrogen (secondary N) is 2. The molecule has 1 aliphatic heterocycles. The molecule has 226 valence electrons. The van der Waals surface area contributed by atoms with Crippen molar-refractivity contribution in [3.05, 3.63) is 65.7 Å². The van der Waals surface area contributed by atoms with Gasteiger partial charge in [0.25, 0.3) is 0 Å². The topological polar surface area (TPSA) is 111 Å². The van der Waals surface area contributed by atoms with E-state index in [1.165, 1.54) is 30.0 Å². The van der Waals surface area contributed by atoms with Crippen molar-refractivity contribution in [3.63, 3.8) is 0 Å². The number of amides is 1. The lowest BCUT2D eigenvalue weighted by molar-refractivity contribution is -0.192. The number of likely N-dealkylation sites (N-methyl/N-ethyl adjacent to an activating group) is 1. The maximum absolute atomic E-state index is 15.1. The number of halogens is 4. The molecule has 1 aromatic heterocycles. The molecule has 5 rings (SSSR count). The van der Waals surface area contributed by atoms with Gasteiger partial charge >= 0.3 is 12.1 Å². The highest BCUT2D eigenvalue weighted by molar-refractivity contribution is 5.97. The summed E-state index contributed by atoms with van der Waals surface area (Å²) in [5.41, 5.74) is 3.82. The van der Waals surface area contributed by atoms with Gasteiger partial charge in [-0.3, -0.25) is 14.8 Å². The van der Waals surface area contributed by atoms with Crippen molar-refractivity contribution in [1.82, 2.24) is 20.0 Å². The number of H-pyrrole nitrogens is 1. The highest BCUT2D eigenvalue weighted by Crippen LogP contribution is 2.36. The van der Waals surface area contributed by atoms with E-state index in [4.69, 9.17) is 14.6 Å². The molecule has 13 heteroatoms. The van der Waals surface area contributed by atoms with Gasteiger partial charge in [0.1, 0.15) is 18.2 Å². The largest absolute Gasteiger partial charge is 0.490 e. The maximum Gasteiger partial charge on any atom is 0.490 e. The SMILES string of the molecule is CN(C)CCOc1cc(-c2cn[nH]c2)c(F)cc1NC(=O)[C@H]1Cc2ccccc2CN1CC1CC1.O=C(O)C(F)(F)F. The fourth-order valence-electron chi connectivity index (χ4n) is 4.60. The predicted molar refractivity (Wildman–Crippen MR) is 147 cm³/mol. The number of aromatic nitrogens is 2. The van der Waals surface area contributed by atoms with Crippen LogP contribution < -0.4 is 10.1 Å². The fraction of sp³-hybridized carbons (Fsp3) is 0.414. The van der Waals surface area contributed by atoms with Crippen LogP contribution in [-0.4, -0.2) is 83.0 Å². The monoisotopic (exact) mass is 591 g/mol. The van der Waals surface area contributed by atoms with Gasteiger partial charge in [-0.25, -0.2) is 9.18 Å². The minimum absolute atomic E-state index is 0.131. The number of fused-ring (bicyclic) bond motifs is 1. The fourth-order valence-corrected chi connectivity index (χ4v) is 4.60. The zero-order valence-electron chi connectivity index (χ0n) is 23.2. The van der Waals surface area contributed by atoms with E-state index in [0.29, 0.717) is 48.1 Å². The van der Waals surface area contributed by atoms with Crippen LogP contribution in [0.3, 0.4) is 0 Å². The summed E-state index contributed by atoms with van der Waals surface area (Å²) in [4.78, 5) is 26.8. The van der Waals surface area contributed by atoms with E-state index >= 15 is 4.39 Å². The summed E-state index contributed by atoms with van der Waals surface area (Å²) in [7, 11) is 3.92. The number of carbonyl (C=O) groups is 2. The lowest BCUT2D eigenvalue weighted by atomic mass is 9.93. The summed E-state index contributed by atoms with van der Waals surface area (Å²) in [5.74, 6) is -2.22. The molecule has 3 N–H and O–H groups in total. The molecule has 0 bridgehead atoms. The Balaban J connectivity index is 0.000000517. The summed E-state index contributed by atoms with van der Waals surface area (Å²) in [6.07, 6.45) is 1.19. The molecule has 2 aliphatic rings. The third-order valence-corrected chi connectivity index (χ3v) is 7.01. The van der Waals surface area contributed by atoms with Gasteiger partial charge in [-0.05, 0) is 56.5 Å². The second kappa shape index (κ2) is 13.3. The Bertz CT molecular complexity index is 1380. The molecule has 2 aromatic carbocycles. The van der Waals surface area contributed by atoms with Crippen molar-refractivity contribution in [2.24, 2.45) is 5.92 Å². The highest BCUT2D eigenvalue weighted by Gasteiger charge is 2.38. The lowest BCUT2D eigenvalue weighted by Gasteiger charge is -2.36. The Kier molecular flexibility index (Phi) is 9.84. The zero-order valence-corrected chi connectivity index (χ0v) is 23.2. The summed E-state index contributed by atoms with van der Waals surface area (Å²) in [6.45, 7) is 2.77. The Hall–Kier alpha value is -3.97. The number of benzene rings is 2. The number of hydrogen-bond donors (Lipinski definition) is 3. The molecule has 1 saturated carbocycles. The number of aliphatic carboxylic acids is 1. The number of ether oxygens (including phenoxy) is 1. The Morgan fingerprint density at radius 3 is 2.48 bits per heavy atom. The van der Waals surface area contributed by atoms with E-state index in [2.05, 4.69) is 38.6 Å². The first-order chi connectivity index (χ1) is 19.9. The normalized spacial score (nSPS) is 16.8. The van der Waals surface area contributed by atoms with Gasteiger partial charge < -0.3 is 20.1 Å². The van der Waals surface area contributed by atoms with Gasteiger partial charge in [0.15, 0.2) is 0 Å². The number of alkyl halides is 3. The van der Waals surface area contributed by atoms with Gasteiger partial charge in [0.2, 0.25) is 5.91 Å². The number of rotatable bonds is 9. The Morgan fingerprint density at radius 1 is 1.19 bits per heavy atom. The van der Waals surface area contributed by atoms with Crippen LogP contribution in [0.2, 0.25) is 0 Å². The van der Waals surface area contributed by atoms with Crippen LogP contribution in [0.4, 0.5) is 23.2 Å². The second-order valence-electron chi connectivity index (χ2n) is 10.6. The number of nitrogens with zero attached hydrogens (tertiary/aromatic N) is 3. The van der Waals surface area contributed by atoms with Crippen LogP contribution in [0.5, 0.6) is 5.75 Å². The van der Waals surface area contributed by atoms with Crippen LogP contribution in [0, 0.1) is 11.7 Å². The number of anilines is 1. The van der Waals surface area contributed by atoms with E-state index in [1.54, 1.807) is 18.5 Å². The average molecular weight is 592 g/mol. The standard InChI is InChI=1S/C27H32FN5O2.C2HF3O2/c1-32(2)9-10-35-26-12-22(21-14-29-30-15-21)23(28)13-24(26)31-27(34)25-11-19-5-3-4-6-20(19)17-33(25)16-18-7-8-18;3-2(4,5)1(6)7/h3-6,12-15,18,25H,7-11,16-17H2,1-2H3,(H,29,30)(H,31,34);(H,6,7)/t25-;/m1./s1. The summed E-state index contributed by atoms with van der Waals surface area (Å²) >= 11 is 0. The van der Waals surface area contributed by atoms with Crippen molar-refractivity contribution < 1.29 is 37.0 Å². The molecule has 0 spiro atoms. The van der Waals surface area contributed by atoms with Crippen LogP contribution in [0.1, 0.15) is 24.0 Å². The van der Waals surface area contributed by atoms with Crippen LogP contribution >= 0.6 is 0 Å². The molecular formula is C29H33F4N5O4. The molecule has 1 amide bonds. The molecule has 0 radical (unpaired) electrons. The number of aromatic amines is 1. The van der Waals surface area contributed by atoms with Crippen molar-refractivity contribution in [1.29, 1.82) is 0 Å². The van der Waals surface area contributed by atoms with Gasteiger partial charge in [-0.2, -0.15) is 18.3 Å². The molecule has 0 saturated heterocycles. The molecule has 1 aliphatic carbocycles. The molecule has 2 heterocycles. The van der Waals surface area contributed by atoms with Gasteiger partial charge in [-0.15, -0.1) is 0 Å². The Labute approximate surface area is 240 Å². The molecule has 42 heavy (non-hydrogen) atoms. The molecule has 1 atom stereocenters. The quantitative estimate of drug-likeness (QED) is 0.313. The van der Waals surface area contributed by atoms with E-state index < -0.39 is 18.0 Å². The van der Waals surface area contributed by atoms with Crippen molar-refractivity contribution in [2.45, 2.75) is 38.0 Å². The lowest BCUT2D eigenvalue weighted by Crippen LogP contribution is -2.48. The predicted octanol–water partition coefficient (Wildman–Crippen LogP) is 4.56. The van der Waals surface area contributed by atoms with Crippen LogP contribution in [0.15, 0.2) is 48.8 Å². The minimum Gasteiger partial charge on any atom is -0.490 e. The van der Waals surface area contributed by atoms with Gasteiger partial charge in [0.05, 0.1) is 17.9 Å². The third-order valence-electron chi connectivity index (χ3n) is 7.01. The first-order valence-corrected chi connectivity index (χ1v) is 13.4. The number of carbonyl (C=O) groups excluding carboxylic acids is 1. The summed E-state index contributed by atoms with van der Waals surface area (Å²) < 4.78 is 52.9. The smallest absolute Gasteiger partial charge is 0.490 e.